The van der Waals surface area contributed by atoms with Gasteiger partial charge in [0, 0.05) is 30.5 Å². The molecule has 0 atom stereocenters. The standard InChI is InChI=1S/C19H18N6O6S2/c26-17(15-6-1-2-7-16(15)33-31-30-28)20-13-4-3-5-14(12-13)25-18(21-22-23-25)32-19(27)24-8-10-29-11-9-24/h1-7,12,28H,8-11H2,(H,20,26)/p-1. The van der Waals surface area contributed by atoms with Crippen molar-refractivity contribution in [2.75, 3.05) is 31.6 Å². The molecule has 0 aliphatic carbocycles. The maximum Gasteiger partial charge on any atom is 0.289 e. The lowest BCUT2D eigenvalue weighted by Crippen LogP contribution is -2.38. The number of thioether (sulfide) groups is 1. The maximum absolute atomic E-state index is 12.8. The maximum atomic E-state index is 12.8. The van der Waals surface area contributed by atoms with E-state index in [9.17, 15) is 14.8 Å². The predicted molar refractivity (Wildman–Crippen MR) is 115 cm³/mol. The van der Waals surface area contributed by atoms with Crippen molar-refractivity contribution in [3.8, 4) is 5.69 Å². The van der Waals surface area contributed by atoms with Gasteiger partial charge in [0.25, 0.3) is 11.1 Å². The van der Waals surface area contributed by atoms with Gasteiger partial charge in [-0.05, 0) is 40.8 Å². The fraction of sp³-hybridized carbons (Fsp3) is 0.211. The van der Waals surface area contributed by atoms with Crippen molar-refractivity contribution in [2.45, 2.75) is 10.1 Å². The molecule has 0 bridgehead atoms. The van der Waals surface area contributed by atoms with Crippen molar-refractivity contribution in [2.24, 2.45) is 0 Å². The van der Waals surface area contributed by atoms with Crippen LogP contribution in [0.15, 0.2) is 58.6 Å². The second kappa shape index (κ2) is 11.2. The van der Waals surface area contributed by atoms with Gasteiger partial charge in [0.15, 0.2) is 0 Å². The first-order valence-electron chi connectivity index (χ1n) is 9.62. The van der Waals surface area contributed by atoms with E-state index in [1.807, 2.05) is 0 Å². The van der Waals surface area contributed by atoms with E-state index in [4.69, 9.17) is 4.74 Å². The number of amides is 2. The van der Waals surface area contributed by atoms with E-state index in [2.05, 4.69) is 30.2 Å². The Hall–Kier alpha value is -3.01. The summed E-state index contributed by atoms with van der Waals surface area (Å²) in [6.45, 7) is 2.02. The number of hydrogen-bond donors (Lipinski definition) is 1. The molecule has 1 saturated heterocycles. The minimum absolute atomic E-state index is 0.169. The van der Waals surface area contributed by atoms with Crippen molar-refractivity contribution in [3.63, 3.8) is 0 Å². The summed E-state index contributed by atoms with van der Waals surface area (Å²) in [5.74, 6) is -0.418. The number of ether oxygens (including phenoxy) is 1. The Kier molecular flexibility index (Phi) is 7.87. The molecule has 12 nitrogen and oxygen atoms in total. The van der Waals surface area contributed by atoms with Crippen molar-refractivity contribution in [1.82, 2.24) is 25.1 Å². The summed E-state index contributed by atoms with van der Waals surface area (Å²) in [6.07, 6.45) is 0. The number of tetrazole rings is 1. The zero-order valence-electron chi connectivity index (χ0n) is 16.9. The third kappa shape index (κ3) is 5.87. The Morgan fingerprint density at radius 1 is 1.12 bits per heavy atom. The van der Waals surface area contributed by atoms with Gasteiger partial charge in [-0.25, -0.2) is 0 Å². The van der Waals surface area contributed by atoms with E-state index in [0.29, 0.717) is 65.3 Å². The van der Waals surface area contributed by atoms with E-state index in [-0.39, 0.29) is 5.24 Å². The number of anilines is 1. The number of nitrogens with zero attached hydrogens (tertiary/aromatic N) is 5. The Labute approximate surface area is 196 Å². The third-order valence-electron chi connectivity index (χ3n) is 4.52. The number of carbonyl (C=O) groups excluding carboxylic acids is 2. The van der Waals surface area contributed by atoms with Crippen molar-refractivity contribution in [3.05, 3.63) is 54.1 Å². The van der Waals surface area contributed by atoms with Gasteiger partial charge in [-0.2, -0.15) is 9.02 Å². The zero-order valence-corrected chi connectivity index (χ0v) is 18.6. The fourth-order valence-electron chi connectivity index (χ4n) is 2.98. The largest absolute Gasteiger partial charge is 0.691 e. The van der Waals surface area contributed by atoms with Gasteiger partial charge in [0.05, 0.1) is 41.4 Å². The van der Waals surface area contributed by atoms with Crippen LogP contribution in [0.1, 0.15) is 10.4 Å². The first-order chi connectivity index (χ1) is 16.2. The summed E-state index contributed by atoms with van der Waals surface area (Å²) < 4.78 is 11.0. The molecule has 0 saturated carbocycles. The van der Waals surface area contributed by atoms with Crippen molar-refractivity contribution in [1.29, 1.82) is 0 Å². The van der Waals surface area contributed by atoms with E-state index in [1.54, 1.807) is 53.4 Å². The van der Waals surface area contributed by atoms with Crippen molar-refractivity contribution >= 4 is 40.6 Å². The van der Waals surface area contributed by atoms with Crippen LogP contribution in [0, 0.1) is 0 Å². The molecule has 1 fully saturated rings. The van der Waals surface area contributed by atoms with E-state index < -0.39 is 5.91 Å². The molecule has 172 valence electrons. The topological polar surface area (TPSA) is 144 Å². The smallest absolute Gasteiger partial charge is 0.289 e. The van der Waals surface area contributed by atoms with E-state index in [0.717, 1.165) is 11.8 Å². The normalized spacial score (nSPS) is 13.7. The minimum atomic E-state index is -0.418. The molecule has 1 N–H and O–H groups in total. The van der Waals surface area contributed by atoms with Crippen LogP contribution in [0.25, 0.3) is 5.69 Å². The highest BCUT2D eigenvalue weighted by Gasteiger charge is 2.22. The summed E-state index contributed by atoms with van der Waals surface area (Å²) in [7, 11) is 0. The van der Waals surface area contributed by atoms with Gasteiger partial charge in [-0.15, -0.1) is 5.10 Å². The molecule has 2 aromatic carbocycles. The average molecular weight is 490 g/mol. The van der Waals surface area contributed by atoms with Gasteiger partial charge in [0.1, 0.15) is 0 Å². The molecule has 0 unspecified atom stereocenters. The quantitative estimate of drug-likeness (QED) is 0.224. The van der Waals surface area contributed by atoms with Crippen LogP contribution in [0.3, 0.4) is 0 Å². The van der Waals surface area contributed by atoms with Crippen molar-refractivity contribution < 1.29 is 29.0 Å². The molecule has 33 heavy (non-hydrogen) atoms. The highest BCUT2D eigenvalue weighted by Crippen LogP contribution is 2.26. The number of nitrogens with one attached hydrogen (secondary N) is 1. The average Bonchev–Trinajstić information content (AvgIpc) is 3.31. The summed E-state index contributed by atoms with van der Waals surface area (Å²) in [4.78, 5) is 27.4. The summed E-state index contributed by atoms with van der Waals surface area (Å²) in [6, 6.07) is 13.4. The van der Waals surface area contributed by atoms with Gasteiger partial charge < -0.3 is 20.2 Å². The number of aromatic nitrogens is 4. The van der Waals surface area contributed by atoms with E-state index in [1.165, 1.54) is 4.68 Å². The van der Waals surface area contributed by atoms with Crippen LogP contribution < -0.4 is 10.6 Å². The molecule has 14 heteroatoms. The summed E-state index contributed by atoms with van der Waals surface area (Å²) in [5, 5.41) is 28.0. The molecule has 2 heterocycles. The molecular weight excluding hydrogens is 472 g/mol. The van der Waals surface area contributed by atoms with Crippen LogP contribution >= 0.6 is 23.8 Å². The zero-order chi connectivity index (χ0) is 23.0. The third-order valence-corrected chi connectivity index (χ3v) is 6.05. The lowest BCUT2D eigenvalue weighted by atomic mass is 10.2. The van der Waals surface area contributed by atoms with E-state index >= 15 is 0 Å². The molecular formula is C19H17N6O6S2-. The highest BCUT2D eigenvalue weighted by molar-refractivity contribution is 8.13. The molecule has 3 aromatic rings. The van der Waals surface area contributed by atoms with Gasteiger partial charge >= 0.3 is 0 Å². The Bertz CT molecular complexity index is 1120. The molecule has 0 spiro atoms. The van der Waals surface area contributed by atoms with Gasteiger partial charge in [-0.1, -0.05) is 18.2 Å². The molecule has 2 amide bonds. The first-order valence-corrected chi connectivity index (χ1v) is 11.2. The first kappa shape index (κ1) is 23.2. The Morgan fingerprint density at radius 2 is 1.94 bits per heavy atom. The second-order valence-electron chi connectivity index (χ2n) is 6.56. The molecule has 4 rings (SSSR count). The number of carbonyl (C=O) groups is 2. The summed E-state index contributed by atoms with van der Waals surface area (Å²) >= 11 is 1.56. The number of hydrogen-bond acceptors (Lipinski definition) is 11. The SMILES string of the molecule is O=C(Nc1cccc(-n2nnnc2SC(=O)N2CCOCC2)c1)c1ccccc1SOO[O-]. The molecule has 1 aliphatic rings. The summed E-state index contributed by atoms with van der Waals surface area (Å²) in [5.41, 5.74) is 1.32. The van der Waals surface area contributed by atoms with Crippen LogP contribution in [-0.2, 0) is 14.1 Å². The molecule has 0 radical (unpaired) electrons. The van der Waals surface area contributed by atoms with Crippen LogP contribution in [0.2, 0.25) is 0 Å². The molecule has 1 aromatic heterocycles. The second-order valence-corrected chi connectivity index (χ2v) is 8.22. The fourth-order valence-corrected chi connectivity index (χ4v) is 4.24. The number of rotatable bonds is 7. The Balaban J connectivity index is 1.49. The van der Waals surface area contributed by atoms with Gasteiger partial charge in [0.2, 0.25) is 5.16 Å². The minimum Gasteiger partial charge on any atom is -0.691 e. The predicted octanol–water partition coefficient (Wildman–Crippen LogP) is 1.69. The number of morpholine rings is 1. The van der Waals surface area contributed by atoms with Crippen LogP contribution in [0.4, 0.5) is 10.5 Å². The lowest BCUT2D eigenvalue weighted by Gasteiger charge is -2.25. The van der Waals surface area contributed by atoms with Crippen LogP contribution in [-0.4, -0.2) is 62.6 Å². The molecule has 1 aliphatic heterocycles. The van der Waals surface area contributed by atoms with Crippen LogP contribution in [0.5, 0.6) is 0 Å². The monoisotopic (exact) mass is 489 g/mol. The highest BCUT2D eigenvalue weighted by atomic mass is 32.2. The Morgan fingerprint density at radius 3 is 2.76 bits per heavy atom. The lowest BCUT2D eigenvalue weighted by molar-refractivity contribution is -0.777. The van der Waals surface area contributed by atoms with Gasteiger partial charge in [-0.3, -0.25) is 14.6 Å². The number of benzene rings is 2.